The number of rotatable bonds is 3. The van der Waals surface area contributed by atoms with E-state index in [9.17, 15) is 13.2 Å². The van der Waals surface area contributed by atoms with E-state index in [1.165, 1.54) is 0 Å². The maximum atomic E-state index is 12.6. The molecule has 1 aromatic rings. The predicted molar refractivity (Wildman–Crippen MR) is 70.5 cm³/mol. The SMILES string of the molecule is CCC(C#N)N1CCN(c2nccc(C(F)(F)F)n2)CC1. The number of nitrogens with zero attached hydrogens (tertiary/aromatic N) is 5. The topological polar surface area (TPSA) is 56.1 Å². The Balaban J connectivity index is 2.04. The molecule has 1 aliphatic rings. The number of hydrogen-bond donors (Lipinski definition) is 0. The lowest BCUT2D eigenvalue weighted by molar-refractivity contribution is -0.141. The van der Waals surface area contributed by atoms with Crippen LogP contribution >= 0.6 is 0 Å². The van der Waals surface area contributed by atoms with Gasteiger partial charge in [-0.3, -0.25) is 4.90 Å². The molecule has 0 aliphatic carbocycles. The summed E-state index contributed by atoms with van der Waals surface area (Å²) < 4.78 is 37.9. The zero-order valence-electron chi connectivity index (χ0n) is 11.6. The molecular formula is C13H16F3N5. The molecule has 0 bridgehead atoms. The number of piperazine rings is 1. The van der Waals surface area contributed by atoms with Crippen LogP contribution in [0.4, 0.5) is 19.1 Å². The first kappa shape index (κ1) is 15.5. The summed E-state index contributed by atoms with van der Waals surface area (Å²) in [5.74, 6) is 0.0921. The average Bonchev–Trinajstić information content (AvgIpc) is 2.48. The molecule has 1 aliphatic heterocycles. The van der Waals surface area contributed by atoms with Crippen LogP contribution < -0.4 is 4.90 Å². The number of halogens is 3. The number of alkyl halides is 3. The van der Waals surface area contributed by atoms with Gasteiger partial charge < -0.3 is 4.90 Å². The molecule has 1 atom stereocenters. The van der Waals surface area contributed by atoms with E-state index >= 15 is 0 Å². The Bertz CT molecular complexity index is 517. The van der Waals surface area contributed by atoms with Crippen LogP contribution in [0.2, 0.25) is 0 Å². The third-order valence-electron chi connectivity index (χ3n) is 3.51. The van der Waals surface area contributed by atoms with Gasteiger partial charge in [-0.15, -0.1) is 0 Å². The van der Waals surface area contributed by atoms with Gasteiger partial charge in [-0.05, 0) is 12.5 Å². The van der Waals surface area contributed by atoms with Crippen LogP contribution in [0.25, 0.3) is 0 Å². The van der Waals surface area contributed by atoms with Gasteiger partial charge in [-0.25, -0.2) is 9.97 Å². The highest BCUT2D eigenvalue weighted by Crippen LogP contribution is 2.28. The lowest BCUT2D eigenvalue weighted by Crippen LogP contribution is -2.50. The number of hydrogen-bond acceptors (Lipinski definition) is 5. The third-order valence-corrected chi connectivity index (χ3v) is 3.51. The smallest absolute Gasteiger partial charge is 0.338 e. The van der Waals surface area contributed by atoms with Crippen molar-refractivity contribution in [1.29, 1.82) is 5.26 Å². The van der Waals surface area contributed by atoms with Gasteiger partial charge in [0.15, 0.2) is 0 Å². The van der Waals surface area contributed by atoms with E-state index in [1.54, 1.807) is 4.90 Å². The first-order valence-corrected chi connectivity index (χ1v) is 6.74. The second-order valence-electron chi connectivity index (χ2n) is 4.82. The molecule has 0 aromatic carbocycles. The summed E-state index contributed by atoms with van der Waals surface area (Å²) in [7, 11) is 0. The summed E-state index contributed by atoms with van der Waals surface area (Å²) in [5.41, 5.74) is -0.932. The fraction of sp³-hybridized carbons (Fsp3) is 0.615. The first-order valence-electron chi connectivity index (χ1n) is 6.74. The Morgan fingerprint density at radius 1 is 1.33 bits per heavy atom. The molecular weight excluding hydrogens is 283 g/mol. The molecule has 0 radical (unpaired) electrons. The van der Waals surface area contributed by atoms with Crippen LogP contribution in [0.1, 0.15) is 19.0 Å². The van der Waals surface area contributed by atoms with Crippen molar-refractivity contribution in [2.45, 2.75) is 25.6 Å². The van der Waals surface area contributed by atoms with Gasteiger partial charge in [0.05, 0.1) is 12.1 Å². The van der Waals surface area contributed by atoms with Crippen LogP contribution in [0.5, 0.6) is 0 Å². The predicted octanol–water partition coefficient (Wildman–Crippen LogP) is 1.92. The van der Waals surface area contributed by atoms with Crippen molar-refractivity contribution >= 4 is 5.95 Å². The van der Waals surface area contributed by atoms with E-state index in [-0.39, 0.29) is 12.0 Å². The van der Waals surface area contributed by atoms with E-state index in [0.29, 0.717) is 26.2 Å². The molecule has 1 fully saturated rings. The summed E-state index contributed by atoms with van der Waals surface area (Å²) in [6, 6.07) is 2.95. The first-order chi connectivity index (χ1) is 9.95. The maximum Gasteiger partial charge on any atom is 0.433 e. The van der Waals surface area contributed by atoms with Crippen molar-refractivity contribution in [2.75, 3.05) is 31.1 Å². The molecule has 8 heteroatoms. The molecule has 5 nitrogen and oxygen atoms in total. The van der Waals surface area contributed by atoms with E-state index in [1.807, 2.05) is 11.8 Å². The molecule has 1 saturated heterocycles. The Labute approximate surface area is 121 Å². The maximum absolute atomic E-state index is 12.6. The quantitative estimate of drug-likeness (QED) is 0.853. The Morgan fingerprint density at radius 2 is 2.00 bits per heavy atom. The fourth-order valence-electron chi connectivity index (χ4n) is 2.32. The Hall–Kier alpha value is -1.88. The standard InChI is InChI=1S/C13H16F3N5/c1-2-10(9-17)20-5-7-21(8-6-20)12-18-4-3-11(19-12)13(14,15)16/h3-4,10H,2,5-8H2,1H3. The van der Waals surface area contributed by atoms with Crippen LogP contribution in [-0.2, 0) is 6.18 Å². The van der Waals surface area contributed by atoms with Gasteiger partial charge in [-0.2, -0.15) is 18.4 Å². The molecule has 0 N–H and O–H groups in total. The van der Waals surface area contributed by atoms with Crippen molar-refractivity contribution in [3.63, 3.8) is 0 Å². The summed E-state index contributed by atoms with van der Waals surface area (Å²) in [5, 5.41) is 9.03. The zero-order valence-corrected chi connectivity index (χ0v) is 11.6. The molecule has 21 heavy (non-hydrogen) atoms. The average molecular weight is 299 g/mol. The molecule has 114 valence electrons. The monoisotopic (exact) mass is 299 g/mol. The van der Waals surface area contributed by atoms with E-state index in [2.05, 4.69) is 16.0 Å². The van der Waals surface area contributed by atoms with Gasteiger partial charge in [0, 0.05) is 32.4 Å². The molecule has 2 heterocycles. The van der Waals surface area contributed by atoms with Crippen molar-refractivity contribution in [3.05, 3.63) is 18.0 Å². The summed E-state index contributed by atoms with van der Waals surface area (Å²) >= 11 is 0. The Morgan fingerprint density at radius 3 is 2.52 bits per heavy atom. The fourth-order valence-corrected chi connectivity index (χ4v) is 2.32. The third kappa shape index (κ3) is 3.61. The van der Waals surface area contributed by atoms with Crippen molar-refractivity contribution < 1.29 is 13.2 Å². The second kappa shape index (κ2) is 6.26. The van der Waals surface area contributed by atoms with E-state index in [0.717, 1.165) is 18.7 Å². The normalized spacial score (nSPS) is 18.3. The number of nitriles is 1. The highest BCUT2D eigenvalue weighted by atomic mass is 19.4. The molecule has 0 spiro atoms. The lowest BCUT2D eigenvalue weighted by Gasteiger charge is -2.36. The van der Waals surface area contributed by atoms with E-state index in [4.69, 9.17) is 5.26 Å². The minimum atomic E-state index is -4.46. The molecule has 1 aromatic heterocycles. The molecule has 1 unspecified atom stereocenters. The second-order valence-corrected chi connectivity index (χ2v) is 4.82. The Kier molecular flexibility index (Phi) is 4.63. The van der Waals surface area contributed by atoms with Gasteiger partial charge in [0.25, 0.3) is 0 Å². The van der Waals surface area contributed by atoms with Gasteiger partial charge >= 0.3 is 6.18 Å². The van der Waals surface area contributed by atoms with E-state index < -0.39 is 11.9 Å². The largest absolute Gasteiger partial charge is 0.433 e. The highest BCUT2D eigenvalue weighted by molar-refractivity contribution is 5.31. The van der Waals surface area contributed by atoms with Crippen LogP contribution in [0, 0.1) is 11.3 Å². The molecule has 0 amide bonds. The lowest BCUT2D eigenvalue weighted by atomic mass is 10.2. The highest BCUT2D eigenvalue weighted by Gasteiger charge is 2.33. The molecule has 0 saturated carbocycles. The zero-order chi connectivity index (χ0) is 15.5. The van der Waals surface area contributed by atoms with Gasteiger partial charge in [0.2, 0.25) is 5.95 Å². The van der Waals surface area contributed by atoms with Crippen LogP contribution in [0.15, 0.2) is 12.3 Å². The summed E-state index contributed by atoms with van der Waals surface area (Å²) in [6.45, 7) is 4.20. The number of aromatic nitrogens is 2. The minimum absolute atomic E-state index is 0.0921. The number of anilines is 1. The van der Waals surface area contributed by atoms with Crippen molar-refractivity contribution in [1.82, 2.24) is 14.9 Å². The van der Waals surface area contributed by atoms with Crippen molar-refractivity contribution in [2.24, 2.45) is 0 Å². The summed E-state index contributed by atoms with van der Waals surface area (Å²) in [4.78, 5) is 11.3. The van der Waals surface area contributed by atoms with Crippen molar-refractivity contribution in [3.8, 4) is 6.07 Å². The minimum Gasteiger partial charge on any atom is -0.338 e. The summed E-state index contributed by atoms with van der Waals surface area (Å²) in [6.07, 6.45) is -2.61. The van der Waals surface area contributed by atoms with Gasteiger partial charge in [0.1, 0.15) is 5.69 Å². The van der Waals surface area contributed by atoms with Crippen LogP contribution in [-0.4, -0.2) is 47.1 Å². The van der Waals surface area contributed by atoms with Gasteiger partial charge in [-0.1, -0.05) is 6.92 Å². The molecule has 2 rings (SSSR count). The van der Waals surface area contributed by atoms with Crippen LogP contribution in [0.3, 0.4) is 0 Å².